The second-order valence-electron chi connectivity index (χ2n) is 16.9. The van der Waals surface area contributed by atoms with Crippen LogP contribution in [0.4, 0.5) is 28.4 Å². The Morgan fingerprint density at radius 3 is 1.47 bits per heavy atom. The summed E-state index contributed by atoms with van der Waals surface area (Å²) < 4.78 is 0. The summed E-state index contributed by atoms with van der Waals surface area (Å²) in [5.41, 5.74) is 19.7. The molecule has 0 radical (unpaired) electrons. The minimum absolute atomic E-state index is 1.03. The summed E-state index contributed by atoms with van der Waals surface area (Å²) in [6.45, 7) is 13.6. The van der Waals surface area contributed by atoms with E-state index in [1.165, 1.54) is 116 Å². The van der Waals surface area contributed by atoms with E-state index in [9.17, 15) is 0 Å². The molecule has 0 spiro atoms. The lowest BCUT2D eigenvalue weighted by Gasteiger charge is -2.36. The quantitative estimate of drug-likeness (QED) is 0.142. The molecule has 9 aromatic carbocycles. The van der Waals surface area contributed by atoms with Gasteiger partial charge in [-0.1, -0.05) is 145 Å². The Bertz CT molecular complexity index is 3130. The van der Waals surface area contributed by atoms with E-state index in [-0.39, 0.29) is 0 Å². The van der Waals surface area contributed by atoms with E-state index in [0.717, 1.165) is 18.5 Å². The highest BCUT2D eigenvalue weighted by atomic mass is 15.2. The fraction of sp³-hybridized carbons (Fsp3) is 0.138. The normalized spacial score (nSPS) is 13.1. The molecule has 1 aliphatic carbocycles. The highest BCUT2D eigenvalue weighted by Crippen LogP contribution is 2.52. The first kappa shape index (κ1) is 37.4. The van der Waals surface area contributed by atoms with Gasteiger partial charge in [-0.05, 0) is 151 Å². The first-order valence-electron chi connectivity index (χ1n) is 21.3. The molecule has 2 nitrogen and oxygen atoms in total. The summed E-state index contributed by atoms with van der Waals surface area (Å²) in [5.74, 6) is 0. The maximum atomic E-state index is 2.60. The average Bonchev–Trinajstić information content (AvgIpc) is 3.27. The summed E-state index contributed by atoms with van der Waals surface area (Å²) in [7, 11) is 0. The standard InChI is InChI=1S/C58H50N2/c1-37-20-22-39(3)51(32-37)59(53-34-47(26-24-41(53)5)43-14-9-7-10-15-43)55-36-56(50-31-29-46-19-13-18-45-28-30-49(55)58(50)57(45)46)60(52-33-38(2)21-23-40(52)4)54-35-48(27-25-42(54)6)44-16-11-8-12-17-44/h7-20,22,24-36H,21,23H2,1-6H3. The van der Waals surface area contributed by atoms with Crippen LogP contribution in [0.3, 0.4) is 0 Å². The molecule has 0 atom stereocenters. The van der Waals surface area contributed by atoms with Gasteiger partial charge in [0.1, 0.15) is 0 Å². The molecule has 10 rings (SSSR count). The lowest BCUT2D eigenvalue weighted by atomic mass is 9.90. The van der Waals surface area contributed by atoms with Gasteiger partial charge in [0, 0.05) is 38.9 Å². The topological polar surface area (TPSA) is 6.48 Å². The van der Waals surface area contributed by atoms with Crippen molar-refractivity contribution in [2.45, 2.75) is 54.4 Å². The fourth-order valence-electron chi connectivity index (χ4n) is 9.42. The maximum absolute atomic E-state index is 2.60. The van der Waals surface area contributed by atoms with E-state index in [4.69, 9.17) is 0 Å². The van der Waals surface area contributed by atoms with Crippen LogP contribution in [0.1, 0.15) is 48.9 Å². The molecule has 0 heterocycles. The molecule has 0 fully saturated rings. The second kappa shape index (κ2) is 15.0. The van der Waals surface area contributed by atoms with Crippen LogP contribution in [-0.4, -0.2) is 0 Å². The molecule has 0 amide bonds. The Labute approximate surface area is 354 Å². The van der Waals surface area contributed by atoms with Crippen LogP contribution in [-0.2, 0) is 0 Å². The van der Waals surface area contributed by atoms with Gasteiger partial charge in [-0.15, -0.1) is 0 Å². The van der Waals surface area contributed by atoms with Crippen molar-refractivity contribution >= 4 is 60.8 Å². The zero-order valence-electron chi connectivity index (χ0n) is 35.5. The highest BCUT2D eigenvalue weighted by molar-refractivity contribution is 6.28. The third-order valence-corrected chi connectivity index (χ3v) is 12.8. The Morgan fingerprint density at radius 2 is 0.883 bits per heavy atom. The van der Waals surface area contributed by atoms with Gasteiger partial charge in [0.05, 0.1) is 11.4 Å². The van der Waals surface area contributed by atoms with Gasteiger partial charge in [-0.25, -0.2) is 0 Å². The van der Waals surface area contributed by atoms with Crippen molar-refractivity contribution in [3.8, 4) is 22.3 Å². The van der Waals surface area contributed by atoms with Crippen molar-refractivity contribution in [1.29, 1.82) is 0 Å². The third kappa shape index (κ3) is 6.44. The zero-order valence-corrected chi connectivity index (χ0v) is 35.5. The Hall–Kier alpha value is -6.90. The van der Waals surface area contributed by atoms with Gasteiger partial charge in [0.25, 0.3) is 0 Å². The monoisotopic (exact) mass is 774 g/mol. The first-order valence-corrected chi connectivity index (χ1v) is 21.3. The van der Waals surface area contributed by atoms with E-state index >= 15 is 0 Å². The van der Waals surface area contributed by atoms with Gasteiger partial charge in [0.15, 0.2) is 0 Å². The molecule has 0 aromatic heterocycles. The molecule has 0 saturated carbocycles. The summed E-state index contributed by atoms with van der Waals surface area (Å²) in [6, 6.07) is 61.1. The van der Waals surface area contributed by atoms with Crippen molar-refractivity contribution < 1.29 is 0 Å². The van der Waals surface area contributed by atoms with Crippen LogP contribution >= 0.6 is 0 Å². The van der Waals surface area contributed by atoms with E-state index in [2.05, 4.69) is 221 Å². The zero-order chi connectivity index (χ0) is 41.1. The van der Waals surface area contributed by atoms with Gasteiger partial charge in [-0.2, -0.15) is 0 Å². The van der Waals surface area contributed by atoms with Crippen LogP contribution in [0.2, 0.25) is 0 Å². The Balaban J connectivity index is 1.36. The number of anilines is 5. The molecule has 0 bridgehead atoms. The molecular weight excluding hydrogens is 725 g/mol. The number of allylic oxidation sites excluding steroid dienone is 3. The molecular formula is C58H50N2. The SMILES string of the molecule is CC1=CC(N(c2cc(-c3ccccc3)ccc2C)c2cc(N(c3cc(C)ccc3C)c3cc(-c4ccccc4)ccc3C)c3ccc4cccc5ccc2c3c54)=C(C)CC1. The predicted molar refractivity (Wildman–Crippen MR) is 259 cm³/mol. The van der Waals surface area contributed by atoms with Gasteiger partial charge in [0.2, 0.25) is 0 Å². The Morgan fingerprint density at radius 1 is 0.367 bits per heavy atom. The molecule has 2 heteroatoms. The van der Waals surface area contributed by atoms with Crippen LogP contribution in [0.15, 0.2) is 187 Å². The predicted octanol–water partition coefficient (Wildman–Crippen LogP) is 16.8. The van der Waals surface area contributed by atoms with E-state index in [0.29, 0.717) is 0 Å². The number of hydrogen-bond donors (Lipinski definition) is 0. The van der Waals surface area contributed by atoms with Gasteiger partial charge < -0.3 is 9.80 Å². The second-order valence-corrected chi connectivity index (χ2v) is 16.9. The molecule has 0 aliphatic heterocycles. The Kier molecular flexibility index (Phi) is 9.37. The fourth-order valence-corrected chi connectivity index (χ4v) is 9.42. The molecule has 0 saturated heterocycles. The minimum atomic E-state index is 1.03. The van der Waals surface area contributed by atoms with E-state index in [1.807, 2.05) is 0 Å². The largest absolute Gasteiger partial charge is 0.310 e. The van der Waals surface area contributed by atoms with Gasteiger partial charge >= 0.3 is 0 Å². The molecule has 60 heavy (non-hydrogen) atoms. The smallest absolute Gasteiger partial charge is 0.0561 e. The van der Waals surface area contributed by atoms with E-state index < -0.39 is 0 Å². The van der Waals surface area contributed by atoms with E-state index in [1.54, 1.807) is 0 Å². The minimum Gasteiger partial charge on any atom is -0.310 e. The molecule has 292 valence electrons. The average molecular weight is 775 g/mol. The summed E-state index contributed by atoms with van der Waals surface area (Å²) in [4.78, 5) is 5.16. The number of aryl methyl sites for hydroxylation is 4. The first-order chi connectivity index (χ1) is 29.2. The van der Waals surface area contributed by atoms with Crippen molar-refractivity contribution in [3.05, 3.63) is 209 Å². The summed E-state index contributed by atoms with van der Waals surface area (Å²) >= 11 is 0. The number of nitrogens with zero attached hydrogens (tertiary/aromatic N) is 2. The lowest BCUT2D eigenvalue weighted by molar-refractivity contribution is 0.875. The van der Waals surface area contributed by atoms with Gasteiger partial charge in [-0.3, -0.25) is 0 Å². The molecule has 0 unspecified atom stereocenters. The van der Waals surface area contributed by atoms with Crippen molar-refractivity contribution in [2.24, 2.45) is 0 Å². The van der Waals surface area contributed by atoms with Crippen LogP contribution in [0.5, 0.6) is 0 Å². The summed E-state index contributed by atoms with van der Waals surface area (Å²) in [5, 5.41) is 7.59. The van der Waals surface area contributed by atoms with Crippen molar-refractivity contribution in [2.75, 3.05) is 9.80 Å². The van der Waals surface area contributed by atoms with Crippen LogP contribution in [0, 0.1) is 27.7 Å². The van der Waals surface area contributed by atoms with Crippen molar-refractivity contribution in [1.82, 2.24) is 0 Å². The number of rotatable bonds is 8. The third-order valence-electron chi connectivity index (χ3n) is 12.8. The maximum Gasteiger partial charge on any atom is 0.0561 e. The number of hydrogen-bond acceptors (Lipinski definition) is 2. The van der Waals surface area contributed by atoms with Crippen LogP contribution in [0.25, 0.3) is 54.6 Å². The number of benzene rings is 9. The molecule has 1 aliphatic rings. The molecule has 0 N–H and O–H groups in total. The van der Waals surface area contributed by atoms with Crippen LogP contribution < -0.4 is 9.80 Å². The van der Waals surface area contributed by atoms with Crippen molar-refractivity contribution in [3.63, 3.8) is 0 Å². The lowest BCUT2D eigenvalue weighted by Crippen LogP contribution is -2.21. The summed E-state index contributed by atoms with van der Waals surface area (Å²) in [6.07, 6.45) is 4.55. The molecule has 9 aromatic rings. The highest BCUT2D eigenvalue weighted by Gasteiger charge is 2.28.